The maximum Gasteiger partial charge on any atom is 0.234 e. The van der Waals surface area contributed by atoms with Gasteiger partial charge >= 0.3 is 0 Å². The minimum absolute atomic E-state index is 0.00472. The van der Waals surface area contributed by atoms with Crippen LogP contribution < -0.4 is 5.32 Å². The molecule has 3 rings (SSSR count). The summed E-state index contributed by atoms with van der Waals surface area (Å²) in [6, 6.07) is 6.93. The van der Waals surface area contributed by atoms with E-state index in [1.54, 1.807) is 24.3 Å². The Morgan fingerprint density at radius 3 is 2.52 bits per heavy atom. The first-order valence-electron chi connectivity index (χ1n) is 7.52. The monoisotopic (exact) mass is 332 g/mol. The first kappa shape index (κ1) is 15.7. The van der Waals surface area contributed by atoms with Crippen LogP contribution in [0.3, 0.4) is 0 Å². The maximum atomic E-state index is 12.4. The second kappa shape index (κ2) is 6.16. The molecule has 0 saturated carbocycles. The number of allylic oxidation sites excluding steroid dienone is 2. The van der Waals surface area contributed by atoms with E-state index in [0.29, 0.717) is 23.4 Å². The number of ketones is 1. The van der Waals surface area contributed by atoms with E-state index in [0.717, 1.165) is 5.69 Å². The molecule has 0 unspecified atom stereocenters. The number of anilines is 1. The van der Waals surface area contributed by atoms with E-state index in [-0.39, 0.29) is 36.1 Å². The fourth-order valence-electron chi connectivity index (χ4n) is 3.05. The van der Waals surface area contributed by atoms with Crippen LogP contribution in [0.25, 0.3) is 0 Å². The molecule has 0 spiro atoms. The van der Waals surface area contributed by atoms with Crippen molar-refractivity contribution in [3.63, 3.8) is 0 Å². The zero-order valence-electron chi connectivity index (χ0n) is 12.7. The number of likely N-dealkylation sites (tertiary alicyclic amines) is 1. The summed E-state index contributed by atoms with van der Waals surface area (Å²) in [7, 11) is 0. The summed E-state index contributed by atoms with van der Waals surface area (Å²) >= 11 is 5.99. The van der Waals surface area contributed by atoms with Gasteiger partial charge in [0.25, 0.3) is 0 Å². The average Bonchev–Trinajstić information content (AvgIpc) is 2.77. The number of hydrogen-bond donors (Lipinski definition) is 1. The number of carbonyl (C=O) groups is 3. The molecular formula is C17H17ClN2O3. The third-order valence-electron chi connectivity index (χ3n) is 4.39. The third-order valence-corrected chi connectivity index (χ3v) is 4.70. The largest absolute Gasteiger partial charge is 0.367 e. The summed E-state index contributed by atoms with van der Waals surface area (Å²) < 4.78 is 0. The second-order valence-corrected chi connectivity index (χ2v) is 6.36. The molecule has 5 nitrogen and oxygen atoms in total. The molecule has 1 N–H and O–H groups in total. The lowest BCUT2D eigenvalue weighted by atomic mass is 9.85. The van der Waals surface area contributed by atoms with E-state index in [1.165, 1.54) is 11.8 Å². The zero-order chi connectivity index (χ0) is 16.6. The number of carbonyl (C=O) groups excluding carboxylic acids is 3. The number of Topliss-reactive ketones (excluding diaryl/α,β-unsaturated/α-hetero) is 1. The van der Waals surface area contributed by atoms with Crippen LogP contribution in [-0.2, 0) is 9.59 Å². The molecule has 2 amide bonds. The Labute approximate surface area is 139 Å². The molecule has 1 fully saturated rings. The molecule has 0 aromatic heterocycles. The van der Waals surface area contributed by atoms with Gasteiger partial charge in [-0.3, -0.25) is 19.3 Å². The van der Waals surface area contributed by atoms with Gasteiger partial charge in [0.1, 0.15) is 0 Å². The molecule has 6 heteroatoms. The summed E-state index contributed by atoms with van der Waals surface area (Å²) in [5.74, 6) is -0.934. The lowest BCUT2D eigenvalue weighted by Crippen LogP contribution is -2.35. The van der Waals surface area contributed by atoms with Crippen molar-refractivity contribution in [2.24, 2.45) is 11.8 Å². The van der Waals surface area contributed by atoms with Gasteiger partial charge in [-0.1, -0.05) is 17.7 Å². The number of nitrogens with one attached hydrogen (secondary N) is 1. The summed E-state index contributed by atoms with van der Waals surface area (Å²) in [6.07, 6.45) is 2.80. The normalized spacial score (nSPS) is 23.6. The number of amides is 2. The van der Waals surface area contributed by atoms with Gasteiger partial charge in [-0.15, -0.1) is 0 Å². The third kappa shape index (κ3) is 3.01. The lowest BCUT2D eigenvalue weighted by molar-refractivity contribution is -0.139. The van der Waals surface area contributed by atoms with Crippen LogP contribution in [0, 0.1) is 11.8 Å². The van der Waals surface area contributed by atoms with E-state index < -0.39 is 0 Å². The Morgan fingerprint density at radius 1 is 1.22 bits per heavy atom. The van der Waals surface area contributed by atoms with E-state index in [4.69, 9.17) is 11.6 Å². The smallest absolute Gasteiger partial charge is 0.234 e. The van der Waals surface area contributed by atoms with Gasteiger partial charge < -0.3 is 5.32 Å². The topological polar surface area (TPSA) is 66.5 Å². The minimum Gasteiger partial charge on any atom is -0.367 e. The Bertz CT molecular complexity index is 696. The number of hydrogen-bond acceptors (Lipinski definition) is 4. The molecule has 1 heterocycles. The van der Waals surface area contributed by atoms with Crippen molar-refractivity contribution >= 4 is 34.9 Å². The van der Waals surface area contributed by atoms with E-state index in [1.807, 2.05) is 6.08 Å². The Kier molecular flexibility index (Phi) is 4.22. The van der Waals surface area contributed by atoms with Crippen molar-refractivity contribution < 1.29 is 14.4 Å². The molecular weight excluding hydrogens is 316 g/mol. The summed E-state index contributed by atoms with van der Waals surface area (Å²) in [4.78, 5) is 37.3. The highest BCUT2D eigenvalue weighted by atomic mass is 35.5. The Morgan fingerprint density at radius 2 is 1.87 bits per heavy atom. The maximum absolute atomic E-state index is 12.4. The SMILES string of the molecule is CC(=O)c1ccc(NCN2C(=O)[C@H]3CC(Cl)=CC[C@H]3C2=O)cc1. The standard InChI is InChI=1S/C17H17ClN2O3/c1-10(21)11-2-5-13(6-3-11)19-9-20-16(22)14-7-4-12(18)8-15(14)17(20)23/h2-6,14-15,19H,7-9H2,1H3/t14-,15+/m1/s1. The van der Waals surface area contributed by atoms with Gasteiger partial charge in [-0.2, -0.15) is 0 Å². The Hall–Kier alpha value is -2.14. The van der Waals surface area contributed by atoms with Crippen molar-refractivity contribution in [3.8, 4) is 0 Å². The van der Waals surface area contributed by atoms with Crippen molar-refractivity contribution in [1.29, 1.82) is 0 Å². The highest BCUT2D eigenvalue weighted by Gasteiger charge is 2.48. The Balaban J connectivity index is 1.66. The van der Waals surface area contributed by atoms with Crippen LogP contribution in [0.1, 0.15) is 30.1 Å². The highest BCUT2D eigenvalue weighted by molar-refractivity contribution is 6.30. The van der Waals surface area contributed by atoms with Gasteiger partial charge in [-0.25, -0.2) is 0 Å². The highest BCUT2D eigenvalue weighted by Crippen LogP contribution is 2.38. The molecule has 0 bridgehead atoms. The minimum atomic E-state index is -0.332. The number of halogens is 1. The van der Waals surface area contributed by atoms with Crippen molar-refractivity contribution in [1.82, 2.24) is 4.90 Å². The predicted octanol–water partition coefficient (Wildman–Crippen LogP) is 2.78. The van der Waals surface area contributed by atoms with Gasteiger partial charge in [-0.05, 0) is 44.0 Å². The van der Waals surface area contributed by atoms with Crippen molar-refractivity contribution in [3.05, 3.63) is 40.9 Å². The first-order chi connectivity index (χ1) is 11.0. The number of rotatable bonds is 4. The van der Waals surface area contributed by atoms with E-state index >= 15 is 0 Å². The molecule has 1 aliphatic heterocycles. The van der Waals surface area contributed by atoms with Gasteiger partial charge in [0.05, 0.1) is 18.5 Å². The van der Waals surface area contributed by atoms with Crippen LogP contribution in [0.4, 0.5) is 5.69 Å². The van der Waals surface area contributed by atoms with Gasteiger partial charge in [0, 0.05) is 16.3 Å². The summed E-state index contributed by atoms with van der Waals surface area (Å²) in [6.45, 7) is 1.63. The molecule has 1 aliphatic carbocycles. The number of fused-ring (bicyclic) bond motifs is 1. The molecule has 23 heavy (non-hydrogen) atoms. The zero-order valence-corrected chi connectivity index (χ0v) is 13.5. The molecule has 1 aromatic carbocycles. The second-order valence-electron chi connectivity index (χ2n) is 5.88. The molecule has 1 saturated heterocycles. The van der Waals surface area contributed by atoms with E-state index in [2.05, 4.69) is 5.32 Å². The molecule has 1 aromatic rings. The fourth-order valence-corrected chi connectivity index (χ4v) is 3.30. The first-order valence-corrected chi connectivity index (χ1v) is 7.90. The predicted molar refractivity (Wildman–Crippen MR) is 86.9 cm³/mol. The number of benzene rings is 1. The van der Waals surface area contributed by atoms with E-state index in [9.17, 15) is 14.4 Å². The molecule has 2 atom stereocenters. The lowest BCUT2D eigenvalue weighted by Gasteiger charge is -2.17. The van der Waals surface area contributed by atoms with Crippen molar-refractivity contribution in [2.45, 2.75) is 19.8 Å². The number of imide groups is 1. The number of nitrogens with zero attached hydrogens (tertiary/aromatic N) is 1. The summed E-state index contributed by atoms with van der Waals surface area (Å²) in [5, 5.41) is 3.71. The van der Waals surface area contributed by atoms with Crippen LogP contribution in [0.5, 0.6) is 0 Å². The summed E-state index contributed by atoms with van der Waals surface area (Å²) in [5.41, 5.74) is 1.37. The molecule has 2 aliphatic rings. The van der Waals surface area contributed by atoms with Crippen LogP contribution in [0.15, 0.2) is 35.4 Å². The quantitative estimate of drug-likeness (QED) is 0.680. The average molecular weight is 333 g/mol. The van der Waals surface area contributed by atoms with Crippen molar-refractivity contribution in [2.75, 3.05) is 12.0 Å². The van der Waals surface area contributed by atoms with Gasteiger partial charge in [0.2, 0.25) is 11.8 Å². The van der Waals surface area contributed by atoms with Crippen LogP contribution in [-0.4, -0.2) is 29.2 Å². The molecule has 120 valence electrons. The van der Waals surface area contributed by atoms with Crippen LogP contribution >= 0.6 is 11.6 Å². The van der Waals surface area contributed by atoms with Gasteiger partial charge in [0.15, 0.2) is 5.78 Å². The fraction of sp³-hybridized carbons (Fsp3) is 0.353. The molecule has 0 radical (unpaired) electrons. The van der Waals surface area contributed by atoms with Crippen LogP contribution in [0.2, 0.25) is 0 Å².